The summed E-state index contributed by atoms with van der Waals surface area (Å²) >= 11 is 0. The Morgan fingerprint density at radius 1 is 1.17 bits per heavy atom. The van der Waals surface area contributed by atoms with Crippen LogP contribution in [-0.4, -0.2) is 25.5 Å². The molecule has 0 bridgehead atoms. The highest BCUT2D eigenvalue weighted by Crippen LogP contribution is 2.49. The van der Waals surface area contributed by atoms with Gasteiger partial charge >= 0.3 is 0 Å². The zero-order chi connectivity index (χ0) is 16.6. The zero-order valence-electron chi connectivity index (χ0n) is 14.3. The predicted molar refractivity (Wildman–Crippen MR) is 98.0 cm³/mol. The van der Waals surface area contributed by atoms with Gasteiger partial charge in [0.2, 0.25) is 5.91 Å². The number of rotatable bonds is 4. The number of carbonyl (C=O) groups excluding carboxylic acids is 1. The van der Waals surface area contributed by atoms with E-state index < -0.39 is 0 Å². The molecule has 1 saturated heterocycles. The second-order valence-electron chi connectivity index (χ2n) is 7.80. The van der Waals surface area contributed by atoms with Crippen LogP contribution in [0.15, 0.2) is 42.5 Å². The molecule has 2 atom stereocenters. The Bertz CT molecular complexity index is 743. The van der Waals surface area contributed by atoms with E-state index in [4.69, 9.17) is 0 Å². The normalized spacial score (nSPS) is 25.4. The molecule has 3 nitrogen and oxygen atoms in total. The van der Waals surface area contributed by atoms with Crippen LogP contribution in [0.4, 0.5) is 0 Å². The van der Waals surface area contributed by atoms with Crippen molar-refractivity contribution in [2.45, 2.75) is 32.1 Å². The third-order valence-corrected chi connectivity index (χ3v) is 5.85. The molecule has 0 radical (unpaired) electrons. The lowest BCUT2D eigenvalue weighted by Gasteiger charge is -2.34. The van der Waals surface area contributed by atoms with Crippen molar-refractivity contribution in [3.8, 4) is 0 Å². The summed E-state index contributed by atoms with van der Waals surface area (Å²) in [5, 5.41) is 9.20. The van der Waals surface area contributed by atoms with Crippen molar-refractivity contribution in [2.24, 2.45) is 11.3 Å². The Kier molecular flexibility index (Phi) is 4.05. The van der Waals surface area contributed by atoms with Gasteiger partial charge in [0, 0.05) is 12.5 Å². The lowest BCUT2D eigenvalue weighted by Crippen LogP contribution is -2.43. The molecule has 1 saturated carbocycles. The summed E-state index contributed by atoms with van der Waals surface area (Å²) < 4.78 is 0. The fraction of sp³-hybridized carbons (Fsp3) is 0.476. The van der Waals surface area contributed by atoms with Crippen LogP contribution in [-0.2, 0) is 4.79 Å². The molecule has 126 valence electrons. The van der Waals surface area contributed by atoms with Crippen LogP contribution in [0.5, 0.6) is 0 Å². The first-order chi connectivity index (χ1) is 11.7. The molecule has 1 amide bonds. The Labute approximate surface area is 143 Å². The lowest BCUT2D eigenvalue weighted by molar-refractivity contribution is -0.123. The molecule has 2 aromatic rings. The van der Waals surface area contributed by atoms with Gasteiger partial charge in [-0.15, -0.1) is 0 Å². The van der Waals surface area contributed by atoms with E-state index in [1.807, 2.05) is 0 Å². The fourth-order valence-electron chi connectivity index (χ4n) is 4.04. The number of fused-ring (bicyclic) bond motifs is 1. The molecule has 4 rings (SSSR count). The number of hydrogen-bond acceptors (Lipinski definition) is 2. The van der Waals surface area contributed by atoms with Crippen molar-refractivity contribution >= 4 is 16.7 Å². The van der Waals surface area contributed by atoms with Crippen LogP contribution >= 0.6 is 0 Å². The van der Waals surface area contributed by atoms with Crippen LogP contribution < -0.4 is 10.6 Å². The highest BCUT2D eigenvalue weighted by molar-refractivity contribution is 5.89. The second kappa shape index (κ2) is 6.21. The maximum Gasteiger partial charge on any atom is 0.223 e. The van der Waals surface area contributed by atoms with Crippen molar-refractivity contribution in [2.75, 3.05) is 19.6 Å². The number of amides is 1. The topological polar surface area (TPSA) is 41.1 Å². The van der Waals surface area contributed by atoms with Gasteiger partial charge < -0.3 is 10.6 Å². The van der Waals surface area contributed by atoms with E-state index in [-0.39, 0.29) is 17.2 Å². The molecule has 1 aliphatic heterocycles. The van der Waals surface area contributed by atoms with Crippen LogP contribution in [0.25, 0.3) is 10.8 Å². The Morgan fingerprint density at radius 2 is 1.92 bits per heavy atom. The first kappa shape index (κ1) is 15.6. The Balaban J connectivity index is 1.41. The van der Waals surface area contributed by atoms with E-state index in [9.17, 15) is 4.79 Å². The third kappa shape index (κ3) is 3.05. The van der Waals surface area contributed by atoms with Crippen molar-refractivity contribution in [1.82, 2.24) is 10.6 Å². The number of hydrogen-bond donors (Lipinski definition) is 2. The summed E-state index contributed by atoms with van der Waals surface area (Å²) in [6.45, 7) is 5.23. The monoisotopic (exact) mass is 322 g/mol. The minimum Gasteiger partial charge on any atom is -0.355 e. The molecule has 2 fully saturated rings. The van der Waals surface area contributed by atoms with Gasteiger partial charge in [-0.1, -0.05) is 49.4 Å². The van der Waals surface area contributed by atoms with Crippen LogP contribution in [0.2, 0.25) is 0 Å². The van der Waals surface area contributed by atoms with Crippen molar-refractivity contribution in [1.29, 1.82) is 0 Å². The van der Waals surface area contributed by atoms with E-state index in [0.29, 0.717) is 5.92 Å². The maximum atomic E-state index is 12.6. The average molecular weight is 322 g/mol. The van der Waals surface area contributed by atoms with Gasteiger partial charge in [0.05, 0.1) is 0 Å². The van der Waals surface area contributed by atoms with E-state index in [2.05, 4.69) is 60.0 Å². The molecular formula is C21H26N2O. The van der Waals surface area contributed by atoms with Gasteiger partial charge in [-0.25, -0.2) is 0 Å². The average Bonchev–Trinajstić information content (AvgIpc) is 3.40. The van der Waals surface area contributed by atoms with Gasteiger partial charge in [-0.2, -0.15) is 0 Å². The molecule has 2 N–H and O–H groups in total. The molecular weight excluding hydrogens is 296 g/mol. The van der Waals surface area contributed by atoms with E-state index in [1.165, 1.54) is 16.3 Å². The van der Waals surface area contributed by atoms with Gasteiger partial charge in [0.25, 0.3) is 0 Å². The molecule has 0 aromatic heterocycles. The smallest absolute Gasteiger partial charge is 0.223 e. The lowest BCUT2D eigenvalue weighted by atomic mass is 9.81. The predicted octanol–water partition coefficient (Wildman–Crippen LogP) is 3.45. The summed E-state index contributed by atoms with van der Waals surface area (Å²) in [7, 11) is 0. The van der Waals surface area contributed by atoms with E-state index >= 15 is 0 Å². The van der Waals surface area contributed by atoms with Gasteiger partial charge in [0.15, 0.2) is 0 Å². The van der Waals surface area contributed by atoms with Crippen molar-refractivity contribution in [3.63, 3.8) is 0 Å². The SMILES string of the molecule is CC1(CNC(=O)C2CC2c2cccc3ccccc23)CCNCC1. The number of carbonyl (C=O) groups is 1. The fourth-order valence-corrected chi connectivity index (χ4v) is 4.04. The number of piperidine rings is 1. The second-order valence-corrected chi connectivity index (χ2v) is 7.80. The summed E-state index contributed by atoms with van der Waals surface area (Å²) in [6.07, 6.45) is 3.27. The molecule has 2 unspecified atom stereocenters. The van der Waals surface area contributed by atoms with E-state index in [1.54, 1.807) is 0 Å². The third-order valence-electron chi connectivity index (χ3n) is 5.85. The standard InChI is InChI=1S/C21H26N2O/c1-21(9-11-22-12-10-21)14-23-20(24)19-13-18(19)17-8-4-6-15-5-2-3-7-16(15)17/h2-8,18-19,22H,9-14H2,1H3,(H,23,24). The molecule has 2 aromatic carbocycles. The first-order valence-corrected chi connectivity index (χ1v) is 9.12. The number of benzene rings is 2. The van der Waals surface area contributed by atoms with Crippen molar-refractivity contribution < 1.29 is 4.79 Å². The summed E-state index contributed by atoms with van der Waals surface area (Å²) in [6, 6.07) is 14.9. The highest BCUT2D eigenvalue weighted by atomic mass is 16.2. The van der Waals surface area contributed by atoms with Crippen LogP contribution in [0.3, 0.4) is 0 Å². The largest absolute Gasteiger partial charge is 0.355 e. The maximum absolute atomic E-state index is 12.6. The minimum absolute atomic E-state index is 0.154. The molecule has 0 spiro atoms. The number of nitrogens with one attached hydrogen (secondary N) is 2. The first-order valence-electron chi connectivity index (χ1n) is 9.12. The van der Waals surface area contributed by atoms with Crippen LogP contribution in [0, 0.1) is 11.3 Å². The van der Waals surface area contributed by atoms with Gasteiger partial charge in [0.1, 0.15) is 0 Å². The summed E-state index contributed by atoms with van der Waals surface area (Å²) in [4.78, 5) is 12.6. The van der Waals surface area contributed by atoms with Gasteiger partial charge in [-0.05, 0) is 60.0 Å². The zero-order valence-corrected chi connectivity index (χ0v) is 14.3. The Morgan fingerprint density at radius 3 is 2.75 bits per heavy atom. The Hall–Kier alpha value is -1.87. The van der Waals surface area contributed by atoms with Crippen molar-refractivity contribution in [3.05, 3.63) is 48.0 Å². The summed E-state index contributed by atoms with van der Waals surface area (Å²) in [5.74, 6) is 0.783. The quantitative estimate of drug-likeness (QED) is 0.905. The van der Waals surface area contributed by atoms with Crippen LogP contribution in [0.1, 0.15) is 37.7 Å². The summed E-state index contributed by atoms with van der Waals surface area (Å²) in [5.41, 5.74) is 1.59. The molecule has 2 aliphatic rings. The van der Waals surface area contributed by atoms with E-state index in [0.717, 1.165) is 38.9 Å². The molecule has 1 heterocycles. The van der Waals surface area contributed by atoms with Gasteiger partial charge in [-0.3, -0.25) is 4.79 Å². The highest BCUT2D eigenvalue weighted by Gasteiger charge is 2.44. The molecule has 1 aliphatic carbocycles. The molecule has 24 heavy (non-hydrogen) atoms. The molecule has 3 heteroatoms. The minimum atomic E-state index is 0.154.